The number of aliphatic hydroxyl groups excluding tert-OH is 1. The molecule has 0 saturated heterocycles. The SMILES string of the molecule is CC(C)(CCO)OCCCNC(=O)CCN1C(=O)C=CC1=O.CC(C)CCC(=O)O. The molecule has 0 atom stereocenters. The summed E-state index contributed by atoms with van der Waals surface area (Å²) in [7, 11) is 0. The second kappa shape index (κ2) is 14.7. The molecule has 0 aromatic rings. The number of carbonyl (C=O) groups is 4. The minimum Gasteiger partial charge on any atom is -0.481 e. The third kappa shape index (κ3) is 13.8. The molecule has 9 nitrogen and oxygen atoms in total. The average Bonchev–Trinajstić information content (AvgIpc) is 2.96. The predicted octanol–water partition coefficient (Wildman–Crippen LogP) is 1.49. The van der Waals surface area contributed by atoms with Gasteiger partial charge in [0, 0.05) is 51.3 Å². The Morgan fingerprint density at radius 2 is 1.77 bits per heavy atom. The summed E-state index contributed by atoms with van der Waals surface area (Å²) in [5.41, 5.74) is -0.373. The van der Waals surface area contributed by atoms with E-state index in [1.165, 1.54) is 12.2 Å². The van der Waals surface area contributed by atoms with Crippen molar-refractivity contribution in [3.63, 3.8) is 0 Å². The van der Waals surface area contributed by atoms with Crippen LogP contribution in [0.15, 0.2) is 12.2 Å². The van der Waals surface area contributed by atoms with E-state index in [2.05, 4.69) is 5.32 Å². The Labute approximate surface area is 178 Å². The standard InChI is InChI=1S/C15H24N2O5.C6H12O2/c1-15(2,7-10-18)22-11-3-8-16-12(19)6-9-17-13(20)4-5-14(17)21;1-5(2)3-4-6(7)8/h4-5,18H,3,6-11H2,1-2H3,(H,16,19);5H,3-4H2,1-2H3,(H,7,8). The number of aliphatic carboxylic acids is 1. The fourth-order valence-corrected chi connectivity index (χ4v) is 2.36. The fraction of sp³-hybridized carbons (Fsp3) is 0.714. The van der Waals surface area contributed by atoms with Crippen LogP contribution in [0.5, 0.6) is 0 Å². The highest BCUT2D eigenvalue weighted by atomic mass is 16.5. The highest BCUT2D eigenvalue weighted by Gasteiger charge is 2.23. The van der Waals surface area contributed by atoms with E-state index in [4.69, 9.17) is 14.9 Å². The Morgan fingerprint density at radius 3 is 2.23 bits per heavy atom. The van der Waals surface area contributed by atoms with Crippen molar-refractivity contribution in [3.05, 3.63) is 12.2 Å². The van der Waals surface area contributed by atoms with E-state index in [0.29, 0.717) is 38.3 Å². The Balaban J connectivity index is 0.000000890. The van der Waals surface area contributed by atoms with Crippen LogP contribution in [0.2, 0.25) is 0 Å². The number of aliphatic hydroxyl groups is 1. The van der Waals surface area contributed by atoms with E-state index < -0.39 is 5.97 Å². The van der Waals surface area contributed by atoms with Crippen LogP contribution in [0.3, 0.4) is 0 Å². The monoisotopic (exact) mass is 428 g/mol. The third-order valence-electron chi connectivity index (χ3n) is 4.25. The number of nitrogens with one attached hydrogen (secondary N) is 1. The quantitative estimate of drug-likeness (QED) is 0.299. The molecule has 3 amide bonds. The Kier molecular flexibility index (Phi) is 13.6. The maximum Gasteiger partial charge on any atom is 0.303 e. The molecule has 1 aliphatic rings. The summed E-state index contributed by atoms with van der Waals surface area (Å²) in [5.74, 6) is -1.15. The van der Waals surface area contributed by atoms with Gasteiger partial charge in [0.25, 0.3) is 11.8 Å². The molecule has 0 radical (unpaired) electrons. The Hall–Kier alpha value is -2.26. The molecule has 0 aromatic carbocycles. The average molecular weight is 429 g/mol. The first-order chi connectivity index (χ1) is 14.0. The minimum absolute atomic E-state index is 0.0759. The van der Waals surface area contributed by atoms with Gasteiger partial charge in [0.15, 0.2) is 0 Å². The number of rotatable bonds is 13. The van der Waals surface area contributed by atoms with Crippen molar-refractivity contribution in [3.8, 4) is 0 Å². The lowest BCUT2D eigenvalue weighted by Crippen LogP contribution is -2.35. The molecule has 0 aromatic heterocycles. The maximum absolute atomic E-state index is 11.6. The largest absolute Gasteiger partial charge is 0.481 e. The third-order valence-corrected chi connectivity index (χ3v) is 4.25. The van der Waals surface area contributed by atoms with Crippen molar-refractivity contribution < 1.29 is 34.1 Å². The molecule has 0 spiro atoms. The first-order valence-corrected chi connectivity index (χ1v) is 10.3. The van der Waals surface area contributed by atoms with Crippen molar-refractivity contribution in [1.82, 2.24) is 10.2 Å². The van der Waals surface area contributed by atoms with Crippen molar-refractivity contribution in [2.75, 3.05) is 26.3 Å². The highest BCUT2D eigenvalue weighted by molar-refractivity contribution is 6.13. The zero-order valence-corrected chi connectivity index (χ0v) is 18.5. The van der Waals surface area contributed by atoms with Crippen molar-refractivity contribution in [1.29, 1.82) is 0 Å². The van der Waals surface area contributed by atoms with E-state index in [1.807, 2.05) is 27.7 Å². The van der Waals surface area contributed by atoms with Gasteiger partial charge in [-0.05, 0) is 39.0 Å². The van der Waals surface area contributed by atoms with Gasteiger partial charge in [0.05, 0.1) is 5.60 Å². The molecule has 172 valence electrons. The van der Waals surface area contributed by atoms with E-state index >= 15 is 0 Å². The molecule has 0 saturated carbocycles. The lowest BCUT2D eigenvalue weighted by molar-refractivity contribution is -0.138. The van der Waals surface area contributed by atoms with Crippen LogP contribution in [0, 0.1) is 5.92 Å². The van der Waals surface area contributed by atoms with Crippen LogP contribution >= 0.6 is 0 Å². The van der Waals surface area contributed by atoms with Crippen LogP contribution in [-0.4, -0.2) is 70.7 Å². The molecule has 1 aliphatic heterocycles. The number of amides is 3. The number of imide groups is 1. The molecule has 0 fully saturated rings. The number of carbonyl (C=O) groups excluding carboxylic acids is 3. The number of ether oxygens (including phenoxy) is 1. The van der Waals surface area contributed by atoms with Crippen LogP contribution in [0.1, 0.15) is 59.8 Å². The van der Waals surface area contributed by atoms with Gasteiger partial charge in [0.2, 0.25) is 5.91 Å². The predicted molar refractivity (Wildman–Crippen MR) is 112 cm³/mol. The van der Waals surface area contributed by atoms with Crippen LogP contribution in [-0.2, 0) is 23.9 Å². The summed E-state index contributed by atoms with van der Waals surface area (Å²) >= 11 is 0. The highest BCUT2D eigenvalue weighted by Crippen LogP contribution is 2.13. The molecule has 0 unspecified atom stereocenters. The number of carboxylic acids is 1. The Bertz CT molecular complexity index is 582. The zero-order valence-electron chi connectivity index (χ0n) is 18.5. The summed E-state index contributed by atoms with van der Waals surface area (Å²) < 4.78 is 5.60. The van der Waals surface area contributed by atoms with Gasteiger partial charge in [-0.15, -0.1) is 0 Å². The van der Waals surface area contributed by atoms with E-state index in [1.54, 1.807) is 0 Å². The summed E-state index contributed by atoms with van der Waals surface area (Å²) in [5, 5.41) is 19.7. The minimum atomic E-state index is -0.696. The summed E-state index contributed by atoms with van der Waals surface area (Å²) in [6, 6.07) is 0. The number of carboxylic acid groups (broad SMARTS) is 1. The Morgan fingerprint density at radius 1 is 1.17 bits per heavy atom. The lowest BCUT2D eigenvalue weighted by atomic mass is 10.1. The molecule has 30 heavy (non-hydrogen) atoms. The number of nitrogens with zero attached hydrogens (tertiary/aromatic N) is 1. The normalized spacial score (nSPS) is 13.5. The first kappa shape index (κ1) is 27.7. The van der Waals surface area contributed by atoms with Crippen molar-refractivity contribution in [2.45, 2.75) is 65.4 Å². The fourth-order valence-electron chi connectivity index (χ4n) is 2.36. The summed E-state index contributed by atoms with van der Waals surface area (Å²) in [6.07, 6.45) is 4.80. The zero-order chi connectivity index (χ0) is 23.2. The molecule has 0 aliphatic carbocycles. The van der Waals surface area contributed by atoms with Crippen LogP contribution in [0.4, 0.5) is 0 Å². The molecule has 1 heterocycles. The maximum atomic E-state index is 11.6. The molecular formula is C21H36N2O7. The molecular weight excluding hydrogens is 392 g/mol. The molecule has 3 N–H and O–H groups in total. The second-order valence-electron chi connectivity index (χ2n) is 8.02. The second-order valence-corrected chi connectivity index (χ2v) is 8.02. The smallest absolute Gasteiger partial charge is 0.303 e. The van der Waals surface area contributed by atoms with Gasteiger partial charge in [-0.1, -0.05) is 13.8 Å². The van der Waals surface area contributed by atoms with E-state index in [9.17, 15) is 19.2 Å². The van der Waals surface area contributed by atoms with E-state index in [0.717, 1.165) is 11.3 Å². The van der Waals surface area contributed by atoms with E-state index in [-0.39, 0.29) is 42.9 Å². The van der Waals surface area contributed by atoms with Crippen molar-refractivity contribution >= 4 is 23.7 Å². The summed E-state index contributed by atoms with van der Waals surface area (Å²) in [6.45, 7) is 8.96. The molecule has 9 heteroatoms. The van der Waals surface area contributed by atoms with Gasteiger partial charge >= 0.3 is 5.97 Å². The van der Waals surface area contributed by atoms with Gasteiger partial charge < -0.3 is 20.3 Å². The van der Waals surface area contributed by atoms with Gasteiger partial charge in [-0.25, -0.2) is 0 Å². The van der Waals surface area contributed by atoms with Crippen molar-refractivity contribution in [2.24, 2.45) is 5.92 Å². The van der Waals surface area contributed by atoms with Gasteiger partial charge in [-0.3, -0.25) is 24.1 Å². The number of hydrogen-bond donors (Lipinski definition) is 3. The number of hydrogen-bond acceptors (Lipinski definition) is 6. The topological polar surface area (TPSA) is 133 Å². The van der Waals surface area contributed by atoms with Crippen LogP contribution < -0.4 is 5.32 Å². The molecule has 0 bridgehead atoms. The van der Waals surface area contributed by atoms with Gasteiger partial charge in [-0.2, -0.15) is 0 Å². The van der Waals surface area contributed by atoms with Gasteiger partial charge in [0.1, 0.15) is 0 Å². The lowest BCUT2D eigenvalue weighted by Gasteiger charge is -2.24. The van der Waals surface area contributed by atoms with Crippen LogP contribution in [0.25, 0.3) is 0 Å². The molecule has 1 rings (SSSR count). The first-order valence-electron chi connectivity index (χ1n) is 10.3. The summed E-state index contributed by atoms with van der Waals surface area (Å²) in [4.78, 5) is 45.2.